The van der Waals surface area contributed by atoms with Crippen LogP contribution in [0, 0.1) is 5.92 Å². The molecule has 0 aliphatic carbocycles. The van der Waals surface area contributed by atoms with Crippen LogP contribution in [-0.2, 0) is 14.8 Å². The van der Waals surface area contributed by atoms with E-state index in [0.29, 0.717) is 0 Å². The summed E-state index contributed by atoms with van der Waals surface area (Å²) in [6.07, 6.45) is 0. The normalized spacial score (nSPS) is 13.2. The van der Waals surface area contributed by atoms with Crippen LogP contribution in [-0.4, -0.2) is 26.9 Å². The molecule has 0 saturated carbocycles. The summed E-state index contributed by atoms with van der Waals surface area (Å²) in [4.78, 5) is 11.4. The summed E-state index contributed by atoms with van der Waals surface area (Å²) >= 11 is 0. The minimum absolute atomic E-state index is 0.103. The van der Waals surface area contributed by atoms with Crippen LogP contribution < -0.4 is 15.8 Å². The van der Waals surface area contributed by atoms with E-state index >= 15 is 0 Å². The van der Waals surface area contributed by atoms with Gasteiger partial charge in [-0.05, 0) is 37.1 Å². The lowest BCUT2D eigenvalue weighted by Gasteiger charge is -2.19. The summed E-state index contributed by atoms with van der Waals surface area (Å²) in [5, 5.41) is 3.07. The number of carbonyl (C=O) groups is 1. The van der Waals surface area contributed by atoms with Crippen LogP contribution in [0.2, 0.25) is 0 Å². The van der Waals surface area contributed by atoms with Gasteiger partial charge in [0.2, 0.25) is 15.9 Å². The minimum atomic E-state index is -3.76. The van der Waals surface area contributed by atoms with E-state index in [1.165, 1.54) is 12.1 Å². The molecule has 1 atom stereocenters. The van der Waals surface area contributed by atoms with Gasteiger partial charge in [-0.2, -0.15) is 4.72 Å². The zero-order valence-corrected chi connectivity index (χ0v) is 12.7. The Morgan fingerprint density at radius 3 is 2.20 bits per heavy atom. The predicted molar refractivity (Wildman–Crippen MR) is 78.7 cm³/mol. The summed E-state index contributed by atoms with van der Waals surface area (Å²) in [5.74, 6) is -0.906. The van der Waals surface area contributed by atoms with Crippen LogP contribution in [0.4, 0.5) is 5.69 Å². The van der Waals surface area contributed by atoms with Crippen LogP contribution in [0.15, 0.2) is 29.2 Å². The second kappa shape index (κ2) is 6.71. The molecular formula is C13H21N3O3S. The van der Waals surface area contributed by atoms with Gasteiger partial charge < -0.3 is 11.1 Å². The number of benzene rings is 1. The highest BCUT2D eigenvalue weighted by Crippen LogP contribution is 2.15. The van der Waals surface area contributed by atoms with E-state index < -0.39 is 22.0 Å². The maximum Gasteiger partial charge on any atom is 0.241 e. The first-order valence-corrected chi connectivity index (χ1v) is 7.91. The Hall–Kier alpha value is -1.60. The quantitative estimate of drug-likeness (QED) is 0.696. The largest absolute Gasteiger partial charge is 0.385 e. The first-order chi connectivity index (χ1) is 9.27. The topological polar surface area (TPSA) is 101 Å². The highest BCUT2D eigenvalue weighted by Gasteiger charge is 2.26. The lowest BCUT2D eigenvalue weighted by Crippen LogP contribution is -2.47. The lowest BCUT2D eigenvalue weighted by atomic mass is 10.1. The molecule has 1 rings (SSSR count). The number of nitrogens with two attached hydrogens (primary N) is 1. The van der Waals surface area contributed by atoms with Crippen LogP contribution in [0.1, 0.15) is 20.8 Å². The molecule has 1 aromatic carbocycles. The van der Waals surface area contributed by atoms with Crippen molar-refractivity contribution in [2.75, 3.05) is 11.9 Å². The van der Waals surface area contributed by atoms with Gasteiger partial charge in [0, 0.05) is 12.2 Å². The van der Waals surface area contributed by atoms with Crippen LogP contribution in [0.25, 0.3) is 0 Å². The van der Waals surface area contributed by atoms with Gasteiger partial charge in [-0.15, -0.1) is 0 Å². The fourth-order valence-corrected chi connectivity index (χ4v) is 3.07. The SMILES string of the molecule is CCNc1ccc(S(=O)(=O)NC(C(N)=O)C(C)C)cc1. The van der Waals surface area contributed by atoms with Crippen molar-refractivity contribution >= 4 is 21.6 Å². The first kappa shape index (κ1) is 16.5. The van der Waals surface area contributed by atoms with E-state index in [9.17, 15) is 13.2 Å². The molecule has 7 heteroatoms. The standard InChI is InChI=1S/C13H21N3O3S/c1-4-15-10-5-7-11(8-6-10)20(18,19)16-12(9(2)3)13(14)17/h5-9,12,15-16H,4H2,1-3H3,(H2,14,17). The summed E-state index contributed by atoms with van der Waals surface area (Å²) in [5.41, 5.74) is 6.05. The summed E-state index contributed by atoms with van der Waals surface area (Å²) in [6, 6.07) is 5.39. The maximum atomic E-state index is 12.2. The average molecular weight is 299 g/mol. The van der Waals surface area contributed by atoms with Crippen molar-refractivity contribution in [1.82, 2.24) is 4.72 Å². The molecule has 20 heavy (non-hydrogen) atoms. The average Bonchev–Trinajstić information content (AvgIpc) is 2.36. The Bertz CT molecular complexity index is 553. The zero-order chi connectivity index (χ0) is 15.3. The van der Waals surface area contributed by atoms with Crippen molar-refractivity contribution < 1.29 is 13.2 Å². The predicted octanol–water partition coefficient (Wildman–Crippen LogP) is 0.907. The molecule has 0 aliphatic heterocycles. The third kappa shape index (κ3) is 4.21. The van der Waals surface area contributed by atoms with Crippen molar-refractivity contribution in [3.8, 4) is 0 Å². The molecule has 0 saturated heterocycles. The van der Waals surface area contributed by atoms with Gasteiger partial charge in [-0.25, -0.2) is 8.42 Å². The highest BCUT2D eigenvalue weighted by atomic mass is 32.2. The molecule has 0 heterocycles. The van der Waals surface area contributed by atoms with Gasteiger partial charge >= 0.3 is 0 Å². The van der Waals surface area contributed by atoms with Gasteiger partial charge in [0.05, 0.1) is 4.90 Å². The fourth-order valence-electron chi connectivity index (χ4n) is 1.71. The molecule has 1 aromatic rings. The van der Waals surface area contributed by atoms with Crippen LogP contribution >= 0.6 is 0 Å². The first-order valence-electron chi connectivity index (χ1n) is 6.43. The van der Waals surface area contributed by atoms with Crippen LogP contribution in [0.3, 0.4) is 0 Å². The molecule has 0 fully saturated rings. The van der Waals surface area contributed by atoms with Gasteiger partial charge in [0.15, 0.2) is 0 Å². The summed E-state index contributed by atoms with van der Waals surface area (Å²) < 4.78 is 26.7. The molecule has 0 aromatic heterocycles. The third-order valence-corrected chi connectivity index (χ3v) is 4.26. The van der Waals surface area contributed by atoms with Gasteiger partial charge in [-0.1, -0.05) is 13.8 Å². The number of amides is 1. The Morgan fingerprint density at radius 1 is 1.25 bits per heavy atom. The molecule has 0 bridgehead atoms. The second-order valence-corrected chi connectivity index (χ2v) is 6.51. The number of anilines is 1. The molecule has 0 aliphatic rings. The van der Waals surface area contributed by atoms with Crippen molar-refractivity contribution in [2.45, 2.75) is 31.7 Å². The van der Waals surface area contributed by atoms with E-state index in [1.54, 1.807) is 26.0 Å². The maximum absolute atomic E-state index is 12.2. The molecular weight excluding hydrogens is 278 g/mol. The van der Waals surface area contributed by atoms with E-state index in [1.807, 2.05) is 6.92 Å². The molecule has 1 unspecified atom stereocenters. The molecule has 112 valence electrons. The Morgan fingerprint density at radius 2 is 1.80 bits per heavy atom. The van der Waals surface area contributed by atoms with Gasteiger partial charge in [0.25, 0.3) is 0 Å². The number of carbonyl (C=O) groups excluding carboxylic acids is 1. The number of sulfonamides is 1. The van der Waals surface area contributed by atoms with E-state index in [2.05, 4.69) is 10.0 Å². The molecule has 0 radical (unpaired) electrons. The third-order valence-electron chi connectivity index (χ3n) is 2.80. The van der Waals surface area contributed by atoms with Crippen molar-refractivity contribution in [3.63, 3.8) is 0 Å². The summed E-state index contributed by atoms with van der Waals surface area (Å²) in [6.45, 7) is 6.16. The second-order valence-electron chi connectivity index (χ2n) is 4.80. The van der Waals surface area contributed by atoms with Crippen molar-refractivity contribution in [3.05, 3.63) is 24.3 Å². The number of primary amides is 1. The van der Waals surface area contributed by atoms with Crippen molar-refractivity contribution in [1.29, 1.82) is 0 Å². The molecule has 4 N–H and O–H groups in total. The molecule has 6 nitrogen and oxygen atoms in total. The Labute approximate surface area is 119 Å². The highest BCUT2D eigenvalue weighted by molar-refractivity contribution is 7.89. The van der Waals surface area contributed by atoms with E-state index in [0.717, 1.165) is 12.2 Å². The smallest absolute Gasteiger partial charge is 0.241 e. The number of hydrogen-bond acceptors (Lipinski definition) is 4. The monoisotopic (exact) mass is 299 g/mol. The van der Waals surface area contributed by atoms with Gasteiger partial charge in [0.1, 0.15) is 6.04 Å². The molecule has 1 amide bonds. The minimum Gasteiger partial charge on any atom is -0.385 e. The van der Waals surface area contributed by atoms with Crippen LogP contribution in [0.5, 0.6) is 0 Å². The Balaban J connectivity index is 2.95. The zero-order valence-electron chi connectivity index (χ0n) is 11.9. The number of nitrogens with one attached hydrogen (secondary N) is 2. The number of hydrogen-bond donors (Lipinski definition) is 3. The molecule has 0 spiro atoms. The Kier molecular flexibility index (Phi) is 5.52. The van der Waals surface area contributed by atoms with Crippen molar-refractivity contribution in [2.24, 2.45) is 11.7 Å². The van der Waals surface area contributed by atoms with Gasteiger partial charge in [-0.3, -0.25) is 4.79 Å². The van der Waals surface area contributed by atoms with E-state index in [4.69, 9.17) is 5.73 Å². The summed E-state index contributed by atoms with van der Waals surface area (Å²) in [7, 11) is -3.76. The number of rotatable bonds is 7. The fraction of sp³-hybridized carbons (Fsp3) is 0.462. The lowest BCUT2D eigenvalue weighted by molar-refractivity contribution is -0.120. The van der Waals surface area contributed by atoms with E-state index in [-0.39, 0.29) is 10.8 Å².